The molecule has 1 aromatic carbocycles. The highest BCUT2D eigenvalue weighted by Crippen LogP contribution is 2.40. The van der Waals surface area contributed by atoms with Crippen LogP contribution in [0.25, 0.3) is 5.57 Å². The summed E-state index contributed by atoms with van der Waals surface area (Å²) in [7, 11) is 0. The van der Waals surface area contributed by atoms with Crippen LogP contribution in [0.2, 0.25) is 10.0 Å². The van der Waals surface area contributed by atoms with Gasteiger partial charge in [0.1, 0.15) is 29.0 Å². The Morgan fingerprint density at radius 3 is 2.15 bits per heavy atom. The molecule has 2 fully saturated rings. The second-order valence-corrected chi connectivity index (χ2v) is 15.1. The second kappa shape index (κ2) is 13.1. The molecule has 3 aliphatic heterocycles. The Bertz CT molecular complexity index is 1540. The molecule has 1 unspecified atom stereocenters. The first-order chi connectivity index (χ1) is 21.9. The van der Waals surface area contributed by atoms with Gasteiger partial charge in [-0.1, -0.05) is 29.3 Å². The number of carboxylic acid groups (broad SMARTS) is 1. The minimum absolute atomic E-state index is 0.0331. The molecule has 2 saturated heterocycles. The number of aryl methyl sites for hydroxylation is 1. The summed E-state index contributed by atoms with van der Waals surface area (Å²) >= 11 is 12.8. The average Bonchev–Trinajstić information content (AvgIpc) is 3.40. The van der Waals surface area contributed by atoms with Crippen molar-refractivity contribution in [3.8, 4) is 5.75 Å². The average molecular weight is 690 g/mol. The molecule has 3 aliphatic rings. The van der Waals surface area contributed by atoms with Gasteiger partial charge >= 0.3 is 18.2 Å². The number of benzene rings is 1. The maximum atomic E-state index is 13.4. The first-order valence-corrected chi connectivity index (χ1v) is 16.4. The van der Waals surface area contributed by atoms with Crippen LogP contribution in [0.3, 0.4) is 0 Å². The number of nitrogens with zero attached hydrogens (tertiary/aromatic N) is 4. The van der Waals surface area contributed by atoms with Crippen molar-refractivity contribution in [2.75, 3.05) is 31.1 Å². The number of aliphatic carboxylic acids is 1. The van der Waals surface area contributed by atoms with Crippen LogP contribution in [0, 0.1) is 12.8 Å². The molecule has 0 saturated carbocycles. The highest BCUT2D eigenvalue weighted by atomic mass is 35.5. The number of carboxylic acids is 1. The van der Waals surface area contributed by atoms with Gasteiger partial charge < -0.3 is 29.1 Å². The number of halogens is 2. The maximum absolute atomic E-state index is 13.4. The largest absolute Gasteiger partial charge is 0.485 e. The van der Waals surface area contributed by atoms with Crippen molar-refractivity contribution in [3.63, 3.8) is 0 Å². The number of anilines is 1. The number of carbonyl (C=O) groups is 3. The molecule has 11 nitrogen and oxygen atoms in total. The van der Waals surface area contributed by atoms with E-state index in [1.807, 2.05) is 31.2 Å². The van der Waals surface area contributed by atoms with Gasteiger partial charge in [0.15, 0.2) is 5.75 Å². The van der Waals surface area contributed by atoms with E-state index in [9.17, 15) is 19.5 Å². The molecule has 1 N–H and O–H groups in total. The molecule has 47 heavy (non-hydrogen) atoms. The van der Waals surface area contributed by atoms with E-state index in [0.29, 0.717) is 40.0 Å². The number of rotatable bonds is 5. The predicted octanol–water partition coefficient (Wildman–Crippen LogP) is 6.68. The van der Waals surface area contributed by atoms with Crippen molar-refractivity contribution in [1.29, 1.82) is 0 Å². The number of hydrogen-bond donors (Lipinski definition) is 1. The summed E-state index contributed by atoms with van der Waals surface area (Å²) in [4.78, 5) is 49.1. The molecule has 0 spiro atoms. The molecule has 2 bridgehead atoms. The lowest BCUT2D eigenvalue weighted by molar-refractivity contribution is -0.143. The number of fused-ring (bicyclic) bond motifs is 2. The van der Waals surface area contributed by atoms with Gasteiger partial charge in [0.25, 0.3) is 0 Å². The third-order valence-electron chi connectivity index (χ3n) is 8.12. The van der Waals surface area contributed by atoms with Gasteiger partial charge in [-0.2, -0.15) is 0 Å². The molecule has 1 aromatic heterocycles. The molecule has 5 rings (SSSR count). The zero-order valence-electron chi connectivity index (χ0n) is 27.8. The maximum Gasteiger partial charge on any atom is 0.411 e. The lowest BCUT2D eigenvalue weighted by Gasteiger charge is -2.50. The Morgan fingerprint density at radius 1 is 0.936 bits per heavy atom. The third-order valence-corrected chi connectivity index (χ3v) is 8.68. The molecule has 13 heteroatoms. The number of aromatic nitrogens is 1. The normalized spacial score (nSPS) is 22.9. The van der Waals surface area contributed by atoms with Crippen LogP contribution >= 0.6 is 23.2 Å². The van der Waals surface area contributed by atoms with Gasteiger partial charge in [0.2, 0.25) is 0 Å². The molecular weight excluding hydrogens is 647 g/mol. The van der Waals surface area contributed by atoms with E-state index in [1.54, 1.807) is 53.8 Å². The summed E-state index contributed by atoms with van der Waals surface area (Å²) in [6, 6.07) is 5.79. The predicted molar refractivity (Wildman–Crippen MR) is 179 cm³/mol. The van der Waals surface area contributed by atoms with Crippen LogP contribution in [0.4, 0.5) is 15.4 Å². The molecule has 0 radical (unpaired) electrons. The number of amides is 2. The van der Waals surface area contributed by atoms with Crippen molar-refractivity contribution >= 4 is 52.7 Å². The Hall–Kier alpha value is -3.70. The Balaban J connectivity index is 1.39. The van der Waals surface area contributed by atoms with E-state index in [1.165, 1.54) is 9.80 Å². The molecule has 2 amide bonds. The zero-order valence-corrected chi connectivity index (χ0v) is 29.3. The van der Waals surface area contributed by atoms with E-state index in [0.717, 1.165) is 17.8 Å². The second-order valence-electron chi connectivity index (χ2n) is 14.3. The fourth-order valence-corrected chi connectivity index (χ4v) is 6.93. The number of pyridine rings is 1. The first-order valence-electron chi connectivity index (χ1n) is 15.7. The smallest absolute Gasteiger partial charge is 0.411 e. The van der Waals surface area contributed by atoms with Crippen LogP contribution < -0.4 is 9.64 Å². The van der Waals surface area contributed by atoms with Crippen molar-refractivity contribution in [3.05, 3.63) is 57.7 Å². The number of piperazine rings is 1. The molecule has 0 aliphatic carbocycles. The zero-order chi connectivity index (χ0) is 34.4. The Kier molecular flexibility index (Phi) is 9.63. The van der Waals surface area contributed by atoms with Gasteiger partial charge in [0.05, 0.1) is 28.7 Å². The highest BCUT2D eigenvalue weighted by Gasteiger charge is 2.51. The molecule has 254 valence electrons. The van der Waals surface area contributed by atoms with E-state index < -0.39 is 47.4 Å². The summed E-state index contributed by atoms with van der Waals surface area (Å²) in [5.74, 6) is -1.09. The number of hydrogen-bond acceptors (Lipinski definition) is 8. The summed E-state index contributed by atoms with van der Waals surface area (Å²) in [6.45, 7) is 13.8. The summed E-state index contributed by atoms with van der Waals surface area (Å²) in [5.41, 5.74) is 0.566. The van der Waals surface area contributed by atoms with E-state index in [-0.39, 0.29) is 19.2 Å². The van der Waals surface area contributed by atoms with E-state index in [2.05, 4.69) is 4.90 Å². The minimum Gasteiger partial charge on any atom is -0.485 e. The van der Waals surface area contributed by atoms with Gasteiger partial charge in [0, 0.05) is 32.3 Å². The third kappa shape index (κ3) is 7.89. The van der Waals surface area contributed by atoms with Crippen molar-refractivity contribution in [2.24, 2.45) is 5.92 Å². The van der Waals surface area contributed by atoms with Crippen molar-refractivity contribution in [1.82, 2.24) is 14.8 Å². The standard InChI is InChI=1S/C34H42Cl2N4O7/c1-19-12-24(35)29(25(36)13-19)45-22-10-11-38(17-22)27-9-8-20(15-37-27)23-14-21-16-39(31(43)46-33(2,3)4)18-26(28(23)30(41)42)40(21)32(44)47-34(5,6)7/h8-9,12-15,21-22,26,28H,10-11,16-18H2,1-7H3,(H,41,42)/t21-,22-,26-,28?/m1/s1. The first kappa shape index (κ1) is 34.6. The molecule has 2 aromatic rings. The fourth-order valence-electron chi connectivity index (χ4n) is 6.24. The number of carbonyl (C=O) groups excluding carboxylic acids is 2. The Labute approximate surface area is 285 Å². The monoisotopic (exact) mass is 688 g/mol. The van der Waals surface area contributed by atoms with Crippen LogP contribution in [0.1, 0.15) is 59.1 Å². The molecule has 4 atom stereocenters. The van der Waals surface area contributed by atoms with Crippen LogP contribution in [-0.4, -0.2) is 93.6 Å². The van der Waals surface area contributed by atoms with Crippen molar-refractivity contribution < 1.29 is 33.7 Å². The SMILES string of the molecule is Cc1cc(Cl)c(O[C@@H]2CCN(c3ccc(C4=C[C@@H]5CN(C(=O)OC(C)(C)C)C[C@H](C4C(=O)O)N5C(=O)OC(C)(C)C)cn3)C2)c(Cl)c1. The van der Waals surface area contributed by atoms with Gasteiger partial charge in [-0.15, -0.1) is 0 Å². The lowest BCUT2D eigenvalue weighted by atomic mass is 9.79. The summed E-state index contributed by atoms with van der Waals surface area (Å²) < 4.78 is 17.4. The number of ether oxygens (including phenoxy) is 3. The van der Waals surface area contributed by atoms with Gasteiger partial charge in [-0.25, -0.2) is 14.6 Å². The highest BCUT2D eigenvalue weighted by molar-refractivity contribution is 6.37. The summed E-state index contributed by atoms with van der Waals surface area (Å²) in [5, 5.41) is 11.5. The molecule has 4 heterocycles. The van der Waals surface area contributed by atoms with Crippen LogP contribution in [-0.2, 0) is 14.3 Å². The topological polar surface area (TPSA) is 122 Å². The molecular formula is C34H42Cl2N4O7. The minimum atomic E-state index is -1.15. The van der Waals surface area contributed by atoms with E-state index in [4.69, 9.17) is 42.4 Å². The quantitative estimate of drug-likeness (QED) is 0.367. The van der Waals surface area contributed by atoms with Crippen molar-refractivity contribution in [2.45, 2.75) is 84.3 Å². The lowest BCUT2D eigenvalue weighted by Crippen LogP contribution is -2.66. The summed E-state index contributed by atoms with van der Waals surface area (Å²) in [6.07, 6.45) is 2.80. The Morgan fingerprint density at radius 2 is 1.57 bits per heavy atom. The van der Waals surface area contributed by atoms with Gasteiger partial charge in [-0.3, -0.25) is 9.69 Å². The fraction of sp³-hybridized carbons (Fsp3) is 0.529. The van der Waals surface area contributed by atoms with Gasteiger partial charge in [-0.05, 0) is 89.4 Å². The van der Waals surface area contributed by atoms with E-state index >= 15 is 0 Å². The van der Waals surface area contributed by atoms with Crippen LogP contribution in [0.5, 0.6) is 5.75 Å². The van der Waals surface area contributed by atoms with Crippen LogP contribution in [0.15, 0.2) is 36.5 Å².